The van der Waals surface area contributed by atoms with Gasteiger partial charge >= 0.3 is 12.1 Å². The van der Waals surface area contributed by atoms with E-state index in [0.717, 1.165) is 81.0 Å². The van der Waals surface area contributed by atoms with E-state index in [1.54, 1.807) is 6.20 Å². The fourth-order valence-electron chi connectivity index (χ4n) is 15.7. The van der Waals surface area contributed by atoms with Gasteiger partial charge in [-0.25, -0.2) is 0 Å². The number of fused-ring (bicyclic) bond motifs is 7. The molecule has 6 aliphatic rings. The van der Waals surface area contributed by atoms with Crippen LogP contribution in [-0.2, 0) is 46.3 Å². The van der Waals surface area contributed by atoms with Crippen molar-refractivity contribution in [3.05, 3.63) is 76.6 Å². The molecule has 0 spiro atoms. The number of aryl methyl sites for hydroxylation is 1. The highest BCUT2D eigenvalue weighted by Gasteiger charge is 2.70. The number of carbonyl (C=O) groups excluding carboxylic acids is 6. The van der Waals surface area contributed by atoms with Crippen molar-refractivity contribution in [2.24, 2.45) is 68.0 Å². The molecule has 0 bridgehead atoms. The normalized spacial score (nSPS) is 35.1. The average molecular weight is 903 g/mol. The van der Waals surface area contributed by atoms with Crippen LogP contribution in [0.25, 0.3) is 0 Å². The third kappa shape index (κ3) is 8.29. The Morgan fingerprint density at radius 2 is 1.52 bits per heavy atom. The first-order valence-electron chi connectivity index (χ1n) is 25.1. The van der Waals surface area contributed by atoms with Crippen molar-refractivity contribution in [2.45, 2.75) is 178 Å². The number of Topliss-reactive ketones (excluding diaryl/α,β-unsaturated/α-hetero) is 2. The van der Waals surface area contributed by atoms with Gasteiger partial charge in [-0.1, -0.05) is 113 Å². The van der Waals surface area contributed by atoms with Gasteiger partial charge in [0.25, 0.3) is 0 Å². The molecule has 0 aliphatic heterocycles. The number of amides is 1. The Hall–Kier alpha value is -4.23. The zero-order valence-corrected chi connectivity index (χ0v) is 42.2. The molecule has 0 radical (unpaired) electrons. The lowest BCUT2D eigenvalue weighted by Gasteiger charge is -2.72. The van der Waals surface area contributed by atoms with Gasteiger partial charge in [-0.3, -0.25) is 24.2 Å². The molecule has 5 saturated carbocycles. The molecule has 1 aromatic carbocycles. The van der Waals surface area contributed by atoms with Crippen LogP contribution in [0.3, 0.4) is 0 Å². The van der Waals surface area contributed by atoms with Crippen molar-refractivity contribution in [1.82, 2.24) is 10.3 Å². The molecule has 8 rings (SSSR count). The molecule has 0 unspecified atom stereocenters. The Morgan fingerprint density at radius 3 is 2.14 bits per heavy atom. The molecule has 10 atom stereocenters. The maximum atomic E-state index is 14.5. The molecule has 1 aromatic heterocycles. The number of aromatic nitrogens is 1. The smallest absolute Gasteiger partial charge is 0.373 e. The second kappa shape index (κ2) is 17.7. The SMILES string of the molecule is Cc1ccc(CC(=O)CC(C)(C)C(=O)N[C@@]23CC[C@]4(C)[C@H](CC[C@@H]5[C@@]6(C)CC[C@H](OC(=O)[C@H]7C[C@@H](Cc8ccccc8)C7(C)C)C(C)(C)[C@@H]6CC[C@]54C)C2=C(C(C)C)C(=O)C3)cn1.O=C=O. The Balaban J connectivity index is 0.00000210. The van der Waals surface area contributed by atoms with Gasteiger partial charge in [-0.05, 0) is 151 Å². The molecule has 1 heterocycles. The number of nitrogens with one attached hydrogen (secondary N) is 1. The topological polar surface area (TPSA) is 137 Å². The van der Waals surface area contributed by atoms with Crippen LogP contribution >= 0.6 is 0 Å². The van der Waals surface area contributed by atoms with Crippen LogP contribution in [0.5, 0.6) is 0 Å². The quantitative estimate of drug-likeness (QED) is 0.220. The summed E-state index contributed by atoms with van der Waals surface area (Å²) >= 11 is 0. The number of nitrogens with zero attached hydrogens (tertiary/aromatic N) is 1. The van der Waals surface area contributed by atoms with Gasteiger partial charge in [0.05, 0.1) is 16.9 Å². The molecule has 9 heteroatoms. The van der Waals surface area contributed by atoms with Gasteiger partial charge < -0.3 is 10.1 Å². The molecule has 358 valence electrons. The number of ketones is 2. The highest BCUT2D eigenvalue weighted by molar-refractivity contribution is 6.02. The van der Waals surface area contributed by atoms with E-state index in [9.17, 15) is 19.2 Å². The lowest BCUT2D eigenvalue weighted by atomic mass is 9.33. The van der Waals surface area contributed by atoms with E-state index in [1.165, 1.54) is 11.1 Å². The Morgan fingerprint density at radius 1 is 0.833 bits per heavy atom. The maximum Gasteiger partial charge on any atom is 0.373 e. The number of ether oxygens (including phenoxy) is 1. The molecule has 5 fully saturated rings. The van der Waals surface area contributed by atoms with Gasteiger partial charge in [0, 0.05) is 36.6 Å². The number of pyridine rings is 1. The molecular formula is C57H78N2O7. The van der Waals surface area contributed by atoms with E-state index in [-0.39, 0.29) is 93.4 Å². The molecule has 1 amide bonds. The Bertz CT molecular complexity index is 2270. The molecule has 1 N–H and O–H groups in total. The number of hydrogen-bond acceptors (Lipinski definition) is 8. The van der Waals surface area contributed by atoms with Crippen LogP contribution in [-0.4, -0.2) is 46.2 Å². The van der Waals surface area contributed by atoms with Gasteiger partial charge in [0.2, 0.25) is 5.91 Å². The largest absolute Gasteiger partial charge is 0.462 e. The van der Waals surface area contributed by atoms with E-state index in [0.29, 0.717) is 24.2 Å². The number of rotatable bonds is 11. The van der Waals surface area contributed by atoms with Crippen LogP contribution in [0.4, 0.5) is 0 Å². The van der Waals surface area contributed by atoms with Crippen LogP contribution in [0.2, 0.25) is 0 Å². The third-order valence-corrected chi connectivity index (χ3v) is 19.7. The molecule has 9 nitrogen and oxygen atoms in total. The summed E-state index contributed by atoms with van der Waals surface area (Å²) in [5.41, 5.74) is 3.44. The molecule has 2 aromatic rings. The van der Waals surface area contributed by atoms with Crippen molar-refractivity contribution in [2.75, 3.05) is 0 Å². The lowest BCUT2D eigenvalue weighted by Crippen LogP contribution is -2.67. The zero-order chi connectivity index (χ0) is 48.4. The first-order chi connectivity index (χ1) is 30.8. The molecule has 66 heavy (non-hydrogen) atoms. The number of carbonyl (C=O) groups is 4. The van der Waals surface area contributed by atoms with Gasteiger partial charge in [-0.2, -0.15) is 9.59 Å². The monoisotopic (exact) mass is 903 g/mol. The number of hydrogen-bond donors (Lipinski definition) is 1. The van der Waals surface area contributed by atoms with E-state index in [2.05, 4.69) is 103 Å². The summed E-state index contributed by atoms with van der Waals surface area (Å²) in [5.74, 6) is 1.65. The van der Waals surface area contributed by atoms with Crippen molar-refractivity contribution < 1.29 is 33.5 Å². The zero-order valence-electron chi connectivity index (χ0n) is 42.2. The van der Waals surface area contributed by atoms with E-state index < -0.39 is 11.0 Å². The van der Waals surface area contributed by atoms with Crippen molar-refractivity contribution in [3.8, 4) is 0 Å². The van der Waals surface area contributed by atoms with Gasteiger partial charge in [0.15, 0.2) is 5.78 Å². The molecule has 6 aliphatic carbocycles. The lowest BCUT2D eigenvalue weighted by molar-refractivity contribution is -0.235. The first kappa shape index (κ1) is 49.7. The van der Waals surface area contributed by atoms with Crippen molar-refractivity contribution >= 4 is 29.6 Å². The fraction of sp³-hybridized carbons (Fsp3) is 0.684. The van der Waals surface area contributed by atoms with Crippen molar-refractivity contribution in [3.63, 3.8) is 0 Å². The maximum absolute atomic E-state index is 14.5. The molecular weight excluding hydrogens is 825 g/mol. The molecule has 0 saturated heterocycles. The summed E-state index contributed by atoms with van der Waals surface area (Å²) in [5, 5.41) is 3.56. The highest BCUT2D eigenvalue weighted by Crippen LogP contribution is 2.76. The minimum atomic E-state index is -0.936. The van der Waals surface area contributed by atoms with E-state index in [4.69, 9.17) is 14.3 Å². The van der Waals surface area contributed by atoms with Crippen LogP contribution in [0.15, 0.2) is 59.8 Å². The first-order valence-corrected chi connectivity index (χ1v) is 25.1. The van der Waals surface area contributed by atoms with Crippen LogP contribution in [0.1, 0.15) is 164 Å². The number of esters is 1. The minimum absolute atomic E-state index is 0.00700. The summed E-state index contributed by atoms with van der Waals surface area (Å²) < 4.78 is 6.68. The van der Waals surface area contributed by atoms with Gasteiger partial charge in [-0.15, -0.1) is 0 Å². The summed E-state index contributed by atoms with van der Waals surface area (Å²) in [6.45, 7) is 27.0. The fourth-order valence-corrected chi connectivity index (χ4v) is 15.7. The minimum Gasteiger partial charge on any atom is -0.462 e. The predicted molar refractivity (Wildman–Crippen MR) is 254 cm³/mol. The van der Waals surface area contributed by atoms with Gasteiger partial charge in [0.1, 0.15) is 11.9 Å². The number of benzene rings is 1. The van der Waals surface area contributed by atoms with E-state index >= 15 is 0 Å². The summed E-state index contributed by atoms with van der Waals surface area (Å²) in [6.07, 6.45) is 12.4. The number of allylic oxidation sites excluding steroid dienone is 1. The van der Waals surface area contributed by atoms with E-state index in [1.807, 2.05) is 32.9 Å². The second-order valence-electron chi connectivity index (χ2n) is 24.7. The van der Waals surface area contributed by atoms with Crippen LogP contribution in [0, 0.1) is 74.9 Å². The van der Waals surface area contributed by atoms with Crippen LogP contribution < -0.4 is 5.32 Å². The summed E-state index contributed by atoms with van der Waals surface area (Å²) in [7, 11) is 0. The standard InChI is InChI=1S/C56H78N2O5.CO2/c1-34(2)46-42(60)32-56(58-49(62)50(4,5)31-39(59)29-37-19-18-35(3)57-33-37)27-26-54(11)40(47(46)56)20-21-44-53(10)24-23-45(52(8,9)43(53)22-25-55(44,54)12)63-48(61)41-30-38(51(41,6)7)28-36-16-14-13-15-17-36;2-1-3/h13-19,33-34,38,40-41,43-45H,20-32H2,1-12H3,(H,58,62);/t38-,40-,41-,43+,44-,45+,53+,54-,55-,56-;/m1./s1. The third-order valence-electron chi connectivity index (χ3n) is 19.7. The highest BCUT2D eigenvalue weighted by atomic mass is 16.5. The summed E-state index contributed by atoms with van der Waals surface area (Å²) in [4.78, 5) is 76.8. The second-order valence-corrected chi connectivity index (χ2v) is 24.7. The predicted octanol–water partition coefficient (Wildman–Crippen LogP) is 11.0. The van der Waals surface area contributed by atoms with Crippen molar-refractivity contribution in [1.29, 1.82) is 0 Å². The Kier molecular flexibility index (Phi) is 13.3. The Labute approximate surface area is 394 Å². The summed E-state index contributed by atoms with van der Waals surface area (Å²) in [6, 6.07) is 14.5. The average Bonchev–Trinajstić information content (AvgIpc) is 3.53.